The predicted molar refractivity (Wildman–Crippen MR) is 55.8 cm³/mol. The third-order valence-electron chi connectivity index (χ3n) is 1.94. The van der Waals surface area contributed by atoms with Gasteiger partial charge in [-0.3, -0.25) is 14.1 Å². The van der Waals surface area contributed by atoms with Crippen LogP contribution in [0, 0.1) is 0 Å². The predicted octanol–water partition coefficient (Wildman–Crippen LogP) is 0.306. The van der Waals surface area contributed by atoms with Crippen LogP contribution in [0.1, 0.15) is 5.56 Å². The van der Waals surface area contributed by atoms with Gasteiger partial charge in [-0.1, -0.05) is 0 Å². The number of nitrogens with zero attached hydrogens (tertiary/aromatic N) is 1. The van der Waals surface area contributed by atoms with Crippen LogP contribution in [0.15, 0.2) is 24.5 Å². The van der Waals surface area contributed by atoms with Gasteiger partial charge >= 0.3 is 15.2 Å². The summed E-state index contributed by atoms with van der Waals surface area (Å²) < 4.78 is 21.9. The summed E-state index contributed by atoms with van der Waals surface area (Å²) in [5.41, 5.74) is 0.409. The van der Waals surface area contributed by atoms with Crippen LogP contribution in [-0.4, -0.2) is 30.0 Å². The van der Waals surface area contributed by atoms with E-state index in [0.717, 1.165) is 0 Å². The van der Waals surface area contributed by atoms with Crippen LogP contribution >= 0.6 is 15.2 Å². The number of aromatic nitrogens is 1. The Labute approximate surface area is 91.5 Å². The molecule has 0 aliphatic rings. The minimum absolute atomic E-state index is 0.392. The molecule has 4 N–H and O–H groups in total. The maximum atomic E-state index is 11.0. The molecule has 0 fully saturated rings. The van der Waals surface area contributed by atoms with Gasteiger partial charge in [0, 0.05) is 12.4 Å². The zero-order valence-electron chi connectivity index (χ0n) is 8.04. The van der Waals surface area contributed by atoms with Crippen molar-refractivity contribution in [1.82, 2.24) is 4.98 Å². The SMILES string of the molecule is O=P(O)(O)C(Cc1ccncc1)P(=O)(O)O. The number of pyridine rings is 1. The lowest BCUT2D eigenvalue weighted by Crippen LogP contribution is -2.12. The Morgan fingerprint density at radius 3 is 1.88 bits per heavy atom. The third kappa shape index (κ3) is 3.79. The molecule has 0 aliphatic heterocycles. The second-order valence-electron chi connectivity index (χ2n) is 3.22. The topological polar surface area (TPSA) is 128 Å². The molecule has 0 aromatic carbocycles. The maximum absolute atomic E-state index is 11.0. The molecule has 0 aliphatic carbocycles. The molecule has 0 spiro atoms. The molecule has 0 amide bonds. The Hall–Kier alpha value is -0.550. The van der Waals surface area contributed by atoms with Gasteiger partial charge in [-0.05, 0) is 24.1 Å². The molecule has 0 radical (unpaired) electrons. The quantitative estimate of drug-likeness (QED) is 0.577. The fourth-order valence-electron chi connectivity index (χ4n) is 1.16. The maximum Gasteiger partial charge on any atom is 0.341 e. The summed E-state index contributed by atoms with van der Waals surface area (Å²) >= 11 is 0. The molecule has 1 aromatic rings. The standard InChI is InChI=1S/C7H11NO6P2/c9-15(10,11)7(16(12,13)14)5-6-1-3-8-4-2-6/h1-4,7H,5H2,(H2,9,10,11)(H2,12,13,14). The first kappa shape index (κ1) is 13.5. The third-order valence-corrected chi connectivity index (χ3v) is 5.67. The van der Waals surface area contributed by atoms with Gasteiger partial charge in [0.15, 0.2) is 5.40 Å². The molecule has 0 unspecified atom stereocenters. The largest absolute Gasteiger partial charge is 0.341 e. The van der Waals surface area contributed by atoms with E-state index in [1.54, 1.807) is 0 Å². The smallest absolute Gasteiger partial charge is 0.324 e. The summed E-state index contributed by atoms with van der Waals surface area (Å²) in [7, 11) is -9.69. The van der Waals surface area contributed by atoms with Crippen molar-refractivity contribution in [2.75, 3.05) is 0 Å². The van der Waals surface area contributed by atoms with Gasteiger partial charge in [0.2, 0.25) is 0 Å². The van der Waals surface area contributed by atoms with Crippen LogP contribution in [0.4, 0.5) is 0 Å². The van der Waals surface area contributed by atoms with Gasteiger partial charge < -0.3 is 19.6 Å². The van der Waals surface area contributed by atoms with Crippen LogP contribution < -0.4 is 0 Å². The molecule has 1 aromatic heterocycles. The molecular weight excluding hydrogens is 256 g/mol. The highest BCUT2D eigenvalue weighted by Gasteiger charge is 2.43. The molecule has 1 heterocycles. The van der Waals surface area contributed by atoms with Crippen molar-refractivity contribution in [3.8, 4) is 0 Å². The Morgan fingerprint density at radius 2 is 1.50 bits per heavy atom. The van der Waals surface area contributed by atoms with Crippen LogP contribution in [0.2, 0.25) is 0 Å². The first-order valence-electron chi connectivity index (χ1n) is 4.20. The van der Waals surface area contributed by atoms with Crippen molar-refractivity contribution >= 4 is 15.2 Å². The second-order valence-corrected chi connectivity index (χ2v) is 7.23. The average Bonchev–Trinajstić information content (AvgIpc) is 2.12. The minimum atomic E-state index is -4.85. The van der Waals surface area contributed by atoms with E-state index in [9.17, 15) is 9.13 Å². The van der Waals surface area contributed by atoms with Gasteiger partial charge in [0.05, 0.1) is 0 Å². The van der Waals surface area contributed by atoms with E-state index in [1.807, 2.05) is 0 Å². The minimum Gasteiger partial charge on any atom is -0.324 e. The molecule has 0 saturated carbocycles. The van der Waals surface area contributed by atoms with Crippen LogP contribution in [0.25, 0.3) is 0 Å². The first-order valence-corrected chi connectivity index (χ1v) is 7.57. The summed E-state index contributed by atoms with van der Waals surface area (Å²) in [6.45, 7) is 0. The van der Waals surface area contributed by atoms with E-state index in [-0.39, 0.29) is 0 Å². The van der Waals surface area contributed by atoms with Gasteiger partial charge in [0.25, 0.3) is 0 Å². The normalized spacial score (nSPS) is 13.1. The molecule has 7 nitrogen and oxygen atoms in total. The zero-order valence-corrected chi connectivity index (χ0v) is 9.83. The summed E-state index contributed by atoms with van der Waals surface area (Å²) in [4.78, 5) is 39.2. The highest BCUT2D eigenvalue weighted by atomic mass is 31.2. The number of hydrogen-bond donors (Lipinski definition) is 4. The van der Waals surface area contributed by atoms with E-state index in [4.69, 9.17) is 19.6 Å². The van der Waals surface area contributed by atoms with Crippen molar-refractivity contribution in [2.45, 2.75) is 11.8 Å². The Morgan fingerprint density at radius 1 is 1.06 bits per heavy atom. The van der Waals surface area contributed by atoms with Crippen LogP contribution in [-0.2, 0) is 15.6 Å². The van der Waals surface area contributed by atoms with Crippen molar-refractivity contribution < 1.29 is 28.7 Å². The molecule has 9 heteroatoms. The highest BCUT2D eigenvalue weighted by Crippen LogP contribution is 2.60. The average molecular weight is 267 g/mol. The van der Waals surface area contributed by atoms with E-state index in [0.29, 0.717) is 5.56 Å². The Kier molecular flexibility index (Phi) is 4.02. The zero-order chi connectivity index (χ0) is 12.4. The van der Waals surface area contributed by atoms with Crippen molar-refractivity contribution in [2.24, 2.45) is 0 Å². The van der Waals surface area contributed by atoms with Gasteiger partial charge in [-0.15, -0.1) is 0 Å². The second kappa shape index (κ2) is 4.75. The van der Waals surface area contributed by atoms with Gasteiger partial charge in [-0.25, -0.2) is 0 Å². The summed E-state index contributed by atoms with van der Waals surface area (Å²) in [6, 6.07) is 2.89. The fourth-order valence-corrected chi connectivity index (χ4v) is 3.63. The van der Waals surface area contributed by atoms with Crippen LogP contribution in [0.3, 0.4) is 0 Å². The lowest BCUT2D eigenvalue weighted by molar-refractivity contribution is 0.338. The van der Waals surface area contributed by atoms with E-state index in [2.05, 4.69) is 4.98 Å². The molecule has 1 rings (SSSR count). The lowest BCUT2D eigenvalue weighted by Gasteiger charge is -2.19. The molecule has 90 valence electrons. The molecule has 0 saturated heterocycles. The van der Waals surface area contributed by atoms with Gasteiger partial charge in [0.1, 0.15) is 0 Å². The monoisotopic (exact) mass is 267 g/mol. The first-order chi connectivity index (χ1) is 7.21. The van der Waals surface area contributed by atoms with E-state index < -0.39 is 27.0 Å². The summed E-state index contributed by atoms with van der Waals surface area (Å²) in [5.74, 6) is 0. The Bertz CT molecular complexity index is 415. The summed E-state index contributed by atoms with van der Waals surface area (Å²) in [5, 5.41) is -2.00. The van der Waals surface area contributed by atoms with Crippen LogP contribution in [0.5, 0.6) is 0 Å². The lowest BCUT2D eigenvalue weighted by atomic mass is 10.2. The Balaban J connectivity index is 2.99. The van der Waals surface area contributed by atoms with Gasteiger partial charge in [-0.2, -0.15) is 0 Å². The number of hydrogen-bond acceptors (Lipinski definition) is 3. The van der Waals surface area contributed by atoms with E-state index in [1.165, 1.54) is 24.5 Å². The molecule has 16 heavy (non-hydrogen) atoms. The fraction of sp³-hybridized carbons (Fsp3) is 0.286. The van der Waals surface area contributed by atoms with Crippen molar-refractivity contribution in [3.63, 3.8) is 0 Å². The molecular formula is C7H11NO6P2. The van der Waals surface area contributed by atoms with E-state index >= 15 is 0 Å². The van der Waals surface area contributed by atoms with Crippen molar-refractivity contribution in [3.05, 3.63) is 30.1 Å². The summed E-state index contributed by atoms with van der Waals surface area (Å²) in [6.07, 6.45) is 2.37. The van der Waals surface area contributed by atoms with Crippen molar-refractivity contribution in [1.29, 1.82) is 0 Å². The highest BCUT2D eigenvalue weighted by molar-refractivity contribution is 7.70. The number of rotatable bonds is 4. The molecule has 0 atom stereocenters. The molecule has 0 bridgehead atoms.